The van der Waals surface area contributed by atoms with Crippen LogP contribution in [0.5, 0.6) is 5.75 Å². The molecule has 0 amide bonds. The van der Waals surface area contributed by atoms with Crippen molar-refractivity contribution in [2.24, 2.45) is 11.8 Å². The van der Waals surface area contributed by atoms with Crippen LogP contribution >= 0.6 is 0 Å². The topological polar surface area (TPSA) is 21.3 Å². The lowest BCUT2D eigenvalue weighted by atomic mass is 9.64. The molecule has 1 heterocycles. The van der Waals surface area contributed by atoms with Crippen molar-refractivity contribution in [1.29, 1.82) is 0 Å². The molecular formula is C13H17NO. The molecule has 1 N–H and O–H groups in total. The van der Waals surface area contributed by atoms with Gasteiger partial charge in [-0.05, 0) is 55.0 Å². The van der Waals surface area contributed by atoms with E-state index in [0.717, 1.165) is 23.5 Å². The fraction of sp³-hybridized carbons (Fsp3) is 0.538. The summed E-state index contributed by atoms with van der Waals surface area (Å²) in [5, 5.41) is 3.48. The first-order chi connectivity index (χ1) is 7.38. The van der Waals surface area contributed by atoms with Crippen molar-refractivity contribution in [3.63, 3.8) is 0 Å². The quantitative estimate of drug-likeness (QED) is 0.794. The number of ether oxygens (including phenoxy) is 1. The van der Waals surface area contributed by atoms with E-state index in [1.165, 1.54) is 25.1 Å². The summed E-state index contributed by atoms with van der Waals surface area (Å²) in [7, 11) is 1.74. The average Bonchev–Trinajstić information content (AvgIpc) is 2.61. The Morgan fingerprint density at radius 2 is 2.27 bits per heavy atom. The van der Waals surface area contributed by atoms with Gasteiger partial charge in [-0.15, -0.1) is 0 Å². The summed E-state index contributed by atoms with van der Waals surface area (Å²) in [5.41, 5.74) is 1.46. The Kier molecular flexibility index (Phi) is 2.17. The zero-order valence-corrected chi connectivity index (χ0v) is 9.07. The molecule has 1 aliphatic heterocycles. The number of rotatable bonds is 2. The lowest BCUT2D eigenvalue weighted by Crippen LogP contribution is -2.33. The van der Waals surface area contributed by atoms with E-state index in [2.05, 4.69) is 23.5 Å². The minimum atomic E-state index is 0.764. The first-order valence-electron chi connectivity index (χ1n) is 5.73. The highest BCUT2D eigenvalue weighted by Crippen LogP contribution is 2.49. The van der Waals surface area contributed by atoms with Gasteiger partial charge in [-0.2, -0.15) is 0 Å². The van der Waals surface area contributed by atoms with E-state index >= 15 is 0 Å². The van der Waals surface area contributed by atoms with Crippen molar-refractivity contribution in [3.05, 3.63) is 29.8 Å². The minimum absolute atomic E-state index is 0.764. The van der Waals surface area contributed by atoms with E-state index in [4.69, 9.17) is 4.74 Å². The van der Waals surface area contributed by atoms with Gasteiger partial charge < -0.3 is 10.1 Å². The Labute approximate surface area is 90.6 Å². The highest BCUT2D eigenvalue weighted by Gasteiger charge is 2.44. The van der Waals surface area contributed by atoms with Crippen LogP contribution < -0.4 is 10.1 Å². The second-order valence-electron chi connectivity index (χ2n) is 4.70. The van der Waals surface area contributed by atoms with E-state index < -0.39 is 0 Å². The number of hydrogen-bond donors (Lipinski definition) is 1. The molecule has 0 bridgehead atoms. The molecule has 1 aromatic carbocycles. The van der Waals surface area contributed by atoms with Gasteiger partial charge in [0.25, 0.3) is 0 Å². The Hall–Kier alpha value is -1.02. The Morgan fingerprint density at radius 3 is 3.07 bits per heavy atom. The number of benzene rings is 1. The van der Waals surface area contributed by atoms with Crippen LogP contribution in [0.4, 0.5) is 0 Å². The van der Waals surface area contributed by atoms with E-state index in [9.17, 15) is 0 Å². The Bertz CT molecular complexity index is 363. The fourth-order valence-electron chi connectivity index (χ4n) is 3.04. The van der Waals surface area contributed by atoms with Gasteiger partial charge in [-0.3, -0.25) is 0 Å². The molecule has 0 radical (unpaired) electrons. The molecule has 1 saturated heterocycles. The van der Waals surface area contributed by atoms with Crippen molar-refractivity contribution in [2.45, 2.75) is 12.3 Å². The monoisotopic (exact) mass is 203 g/mol. The van der Waals surface area contributed by atoms with Crippen molar-refractivity contribution >= 4 is 0 Å². The molecule has 0 aromatic heterocycles. The summed E-state index contributed by atoms with van der Waals surface area (Å²) in [5.74, 6) is 3.56. The molecule has 3 rings (SSSR count). The maximum Gasteiger partial charge on any atom is 0.119 e. The smallest absolute Gasteiger partial charge is 0.119 e. The molecular weight excluding hydrogens is 186 g/mol. The molecule has 2 heteroatoms. The fourth-order valence-corrected chi connectivity index (χ4v) is 3.04. The number of nitrogens with one attached hydrogen (secondary N) is 1. The van der Waals surface area contributed by atoms with E-state index in [1.807, 2.05) is 6.07 Å². The van der Waals surface area contributed by atoms with Crippen molar-refractivity contribution in [3.8, 4) is 5.75 Å². The van der Waals surface area contributed by atoms with Gasteiger partial charge in [0.1, 0.15) is 5.75 Å². The van der Waals surface area contributed by atoms with Crippen LogP contribution in [0.2, 0.25) is 0 Å². The van der Waals surface area contributed by atoms with Gasteiger partial charge >= 0.3 is 0 Å². The normalized spacial score (nSPS) is 33.3. The largest absolute Gasteiger partial charge is 0.497 e. The second kappa shape index (κ2) is 3.53. The molecule has 15 heavy (non-hydrogen) atoms. The van der Waals surface area contributed by atoms with E-state index in [0.29, 0.717) is 0 Å². The van der Waals surface area contributed by atoms with Crippen LogP contribution in [0.3, 0.4) is 0 Å². The molecule has 3 atom stereocenters. The summed E-state index contributed by atoms with van der Waals surface area (Å²) in [6, 6.07) is 8.55. The third-order valence-corrected chi connectivity index (χ3v) is 3.99. The van der Waals surface area contributed by atoms with Crippen LogP contribution in [-0.2, 0) is 0 Å². The van der Waals surface area contributed by atoms with Crippen molar-refractivity contribution in [2.75, 3.05) is 20.2 Å². The lowest BCUT2D eigenvalue weighted by Gasteiger charge is -2.40. The van der Waals surface area contributed by atoms with Crippen LogP contribution in [0.1, 0.15) is 17.9 Å². The predicted molar refractivity (Wildman–Crippen MR) is 60.2 cm³/mol. The highest BCUT2D eigenvalue weighted by molar-refractivity contribution is 5.33. The van der Waals surface area contributed by atoms with Crippen molar-refractivity contribution < 1.29 is 4.74 Å². The first kappa shape index (κ1) is 9.22. The SMILES string of the molecule is COc1cccc([C@@H]2C[C@H]3CNC[C@@H]32)c1. The maximum absolute atomic E-state index is 5.27. The lowest BCUT2D eigenvalue weighted by molar-refractivity contribution is 0.190. The van der Waals surface area contributed by atoms with Gasteiger partial charge in [0.2, 0.25) is 0 Å². The van der Waals surface area contributed by atoms with Gasteiger partial charge in [0, 0.05) is 0 Å². The highest BCUT2D eigenvalue weighted by atomic mass is 16.5. The molecule has 1 saturated carbocycles. The molecule has 2 aliphatic rings. The van der Waals surface area contributed by atoms with Crippen LogP contribution in [0.25, 0.3) is 0 Å². The molecule has 0 spiro atoms. The predicted octanol–water partition coefficient (Wildman–Crippen LogP) is 2.02. The maximum atomic E-state index is 5.27. The third-order valence-electron chi connectivity index (χ3n) is 3.99. The van der Waals surface area contributed by atoms with Crippen LogP contribution in [0.15, 0.2) is 24.3 Å². The second-order valence-corrected chi connectivity index (χ2v) is 4.70. The van der Waals surface area contributed by atoms with Crippen LogP contribution in [-0.4, -0.2) is 20.2 Å². The van der Waals surface area contributed by atoms with Gasteiger partial charge in [0.05, 0.1) is 7.11 Å². The minimum Gasteiger partial charge on any atom is -0.497 e. The summed E-state index contributed by atoms with van der Waals surface area (Å²) < 4.78 is 5.27. The number of methoxy groups -OCH3 is 1. The molecule has 2 fully saturated rings. The standard InChI is InChI=1S/C13H17NO/c1-15-11-4-2-3-9(5-11)12-6-10-7-14-8-13(10)12/h2-5,10,12-14H,6-8H2,1H3/t10-,12-,13-/m0/s1. The molecule has 0 unspecified atom stereocenters. The average molecular weight is 203 g/mol. The summed E-state index contributed by atoms with van der Waals surface area (Å²) >= 11 is 0. The Morgan fingerprint density at radius 1 is 1.33 bits per heavy atom. The van der Waals surface area contributed by atoms with Gasteiger partial charge in [-0.1, -0.05) is 12.1 Å². The third kappa shape index (κ3) is 1.44. The summed E-state index contributed by atoms with van der Waals surface area (Å²) in [6.45, 7) is 2.43. The summed E-state index contributed by atoms with van der Waals surface area (Å²) in [6.07, 6.45) is 1.35. The van der Waals surface area contributed by atoms with E-state index in [1.54, 1.807) is 7.11 Å². The molecule has 2 nitrogen and oxygen atoms in total. The molecule has 80 valence electrons. The van der Waals surface area contributed by atoms with Gasteiger partial charge in [-0.25, -0.2) is 0 Å². The zero-order valence-electron chi connectivity index (χ0n) is 9.07. The Balaban J connectivity index is 1.81. The summed E-state index contributed by atoms with van der Waals surface area (Å²) in [4.78, 5) is 0. The first-order valence-corrected chi connectivity index (χ1v) is 5.73. The molecule has 1 aliphatic carbocycles. The van der Waals surface area contributed by atoms with Crippen LogP contribution in [0, 0.1) is 11.8 Å². The number of fused-ring (bicyclic) bond motifs is 1. The molecule has 1 aromatic rings. The van der Waals surface area contributed by atoms with E-state index in [-0.39, 0.29) is 0 Å². The van der Waals surface area contributed by atoms with Crippen molar-refractivity contribution in [1.82, 2.24) is 5.32 Å². The zero-order chi connectivity index (χ0) is 10.3. The van der Waals surface area contributed by atoms with Gasteiger partial charge in [0.15, 0.2) is 0 Å². The number of hydrogen-bond acceptors (Lipinski definition) is 2.